The van der Waals surface area contributed by atoms with E-state index in [-0.39, 0.29) is 10.6 Å². The van der Waals surface area contributed by atoms with Crippen LogP contribution in [0.2, 0.25) is 0 Å². The summed E-state index contributed by atoms with van der Waals surface area (Å²) in [7, 11) is 0. The van der Waals surface area contributed by atoms with E-state index in [0.29, 0.717) is 0 Å². The summed E-state index contributed by atoms with van der Waals surface area (Å²) >= 11 is 3.56. The standard InChI is InChI=1S/C16H14BrF3O/c1-2-11-3-5-12(6-4-11)15(17)13-7-9-14(10-8-13)21-16(18,19)20/h3-10,15H,2H2,1H3. The van der Waals surface area contributed by atoms with E-state index in [0.717, 1.165) is 17.5 Å². The molecule has 2 aromatic rings. The zero-order valence-corrected chi connectivity index (χ0v) is 12.9. The van der Waals surface area contributed by atoms with Crippen LogP contribution in [0.15, 0.2) is 48.5 Å². The van der Waals surface area contributed by atoms with Crippen molar-refractivity contribution in [2.75, 3.05) is 0 Å². The lowest BCUT2D eigenvalue weighted by molar-refractivity contribution is -0.274. The van der Waals surface area contributed by atoms with Gasteiger partial charge in [-0.1, -0.05) is 59.3 Å². The third-order valence-electron chi connectivity index (χ3n) is 3.09. The molecule has 0 N–H and O–H groups in total. The van der Waals surface area contributed by atoms with Crippen LogP contribution in [0, 0.1) is 0 Å². The Morgan fingerprint density at radius 2 is 1.43 bits per heavy atom. The number of halogens is 4. The minimum absolute atomic E-state index is 0.0663. The van der Waals surface area contributed by atoms with Gasteiger partial charge in [0.1, 0.15) is 5.75 Å². The monoisotopic (exact) mass is 358 g/mol. The van der Waals surface area contributed by atoms with Crippen molar-refractivity contribution in [1.82, 2.24) is 0 Å². The molecule has 5 heteroatoms. The molecule has 0 aliphatic rings. The Kier molecular flexibility index (Phi) is 4.93. The van der Waals surface area contributed by atoms with Crippen LogP contribution in [0.3, 0.4) is 0 Å². The summed E-state index contributed by atoms with van der Waals surface area (Å²) in [5.74, 6) is -0.215. The number of rotatable bonds is 4. The van der Waals surface area contributed by atoms with Crippen LogP contribution >= 0.6 is 15.9 Å². The first-order valence-corrected chi connectivity index (χ1v) is 7.39. The second kappa shape index (κ2) is 6.52. The average Bonchev–Trinajstić information content (AvgIpc) is 2.46. The molecule has 1 atom stereocenters. The van der Waals surface area contributed by atoms with Gasteiger partial charge in [0.15, 0.2) is 0 Å². The van der Waals surface area contributed by atoms with Crippen molar-refractivity contribution in [2.45, 2.75) is 24.5 Å². The molecule has 0 spiro atoms. The quantitative estimate of drug-likeness (QED) is 0.643. The summed E-state index contributed by atoms with van der Waals surface area (Å²) in [5, 5.41) is 0. The zero-order valence-electron chi connectivity index (χ0n) is 11.3. The topological polar surface area (TPSA) is 9.23 Å². The van der Waals surface area contributed by atoms with E-state index >= 15 is 0 Å². The first-order chi connectivity index (χ1) is 9.89. The summed E-state index contributed by atoms with van der Waals surface area (Å²) in [6.07, 6.45) is -3.69. The summed E-state index contributed by atoms with van der Waals surface area (Å²) in [5.41, 5.74) is 3.16. The molecule has 0 radical (unpaired) electrons. The molecule has 0 saturated heterocycles. The van der Waals surface area contributed by atoms with Gasteiger partial charge in [0, 0.05) is 0 Å². The fraction of sp³-hybridized carbons (Fsp3) is 0.250. The van der Waals surface area contributed by atoms with Crippen LogP contribution in [-0.4, -0.2) is 6.36 Å². The van der Waals surface area contributed by atoms with E-state index in [1.54, 1.807) is 12.1 Å². The number of hydrogen-bond acceptors (Lipinski definition) is 1. The highest BCUT2D eigenvalue weighted by Crippen LogP contribution is 2.32. The summed E-state index contributed by atoms with van der Waals surface area (Å²) in [4.78, 5) is -0.0663. The Bertz CT molecular complexity index is 576. The molecule has 0 aromatic heterocycles. The minimum atomic E-state index is -4.66. The Morgan fingerprint density at radius 3 is 1.86 bits per heavy atom. The van der Waals surface area contributed by atoms with Crippen molar-refractivity contribution in [1.29, 1.82) is 0 Å². The van der Waals surface area contributed by atoms with E-state index in [2.05, 4.69) is 27.6 Å². The van der Waals surface area contributed by atoms with Gasteiger partial charge in [-0.05, 0) is 35.2 Å². The number of ether oxygens (including phenoxy) is 1. The molecule has 0 amide bonds. The second-order valence-corrected chi connectivity index (χ2v) is 5.49. The SMILES string of the molecule is CCc1ccc(C(Br)c2ccc(OC(F)(F)F)cc2)cc1. The third kappa shape index (κ3) is 4.49. The molecule has 21 heavy (non-hydrogen) atoms. The van der Waals surface area contributed by atoms with E-state index in [4.69, 9.17) is 0 Å². The summed E-state index contributed by atoms with van der Waals surface area (Å²) in [6.45, 7) is 2.08. The van der Waals surface area contributed by atoms with Crippen LogP contribution in [0.1, 0.15) is 28.4 Å². The number of aryl methyl sites for hydroxylation is 1. The molecule has 1 unspecified atom stereocenters. The van der Waals surface area contributed by atoms with Crippen molar-refractivity contribution in [3.63, 3.8) is 0 Å². The van der Waals surface area contributed by atoms with Crippen molar-refractivity contribution in [2.24, 2.45) is 0 Å². The molecule has 0 saturated carbocycles. The second-order valence-electron chi connectivity index (χ2n) is 4.57. The summed E-state index contributed by atoms with van der Waals surface area (Å²) in [6, 6.07) is 14.0. The normalized spacial score (nSPS) is 13.0. The molecule has 0 heterocycles. The molecule has 0 bridgehead atoms. The first-order valence-electron chi connectivity index (χ1n) is 6.47. The maximum Gasteiger partial charge on any atom is 0.573 e. The van der Waals surface area contributed by atoms with Crippen molar-refractivity contribution >= 4 is 15.9 Å². The molecule has 0 aliphatic carbocycles. The lowest BCUT2D eigenvalue weighted by Crippen LogP contribution is -2.17. The van der Waals surface area contributed by atoms with E-state index in [1.807, 2.05) is 24.3 Å². The van der Waals surface area contributed by atoms with Gasteiger partial charge in [0.05, 0.1) is 4.83 Å². The lowest BCUT2D eigenvalue weighted by atomic mass is 10.0. The van der Waals surface area contributed by atoms with Gasteiger partial charge in [-0.2, -0.15) is 0 Å². The van der Waals surface area contributed by atoms with Gasteiger partial charge in [-0.3, -0.25) is 0 Å². The van der Waals surface area contributed by atoms with E-state index in [1.165, 1.54) is 17.7 Å². The Labute approximate surface area is 129 Å². The van der Waals surface area contributed by atoms with Gasteiger partial charge in [0.2, 0.25) is 0 Å². The van der Waals surface area contributed by atoms with Gasteiger partial charge in [0.25, 0.3) is 0 Å². The van der Waals surface area contributed by atoms with Crippen LogP contribution in [0.4, 0.5) is 13.2 Å². The fourth-order valence-electron chi connectivity index (χ4n) is 1.95. The number of alkyl halides is 4. The van der Waals surface area contributed by atoms with Crippen LogP contribution < -0.4 is 4.74 Å². The van der Waals surface area contributed by atoms with Gasteiger partial charge >= 0.3 is 6.36 Å². The smallest absolute Gasteiger partial charge is 0.406 e. The van der Waals surface area contributed by atoms with Crippen LogP contribution in [0.25, 0.3) is 0 Å². The molecule has 0 aliphatic heterocycles. The highest BCUT2D eigenvalue weighted by molar-refractivity contribution is 9.09. The molecule has 0 fully saturated rings. The van der Waals surface area contributed by atoms with Gasteiger partial charge in [-0.25, -0.2) is 0 Å². The predicted octanol–water partition coefficient (Wildman–Crippen LogP) is 5.63. The van der Waals surface area contributed by atoms with E-state index < -0.39 is 6.36 Å². The van der Waals surface area contributed by atoms with Gasteiger partial charge in [-0.15, -0.1) is 13.2 Å². The largest absolute Gasteiger partial charge is 0.573 e. The Hall–Kier alpha value is -1.49. The maximum absolute atomic E-state index is 12.1. The summed E-state index contributed by atoms with van der Waals surface area (Å²) < 4.78 is 40.2. The minimum Gasteiger partial charge on any atom is -0.406 e. The van der Waals surface area contributed by atoms with Gasteiger partial charge < -0.3 is 4.74 Å². The molecule has 2 rings (SSSR count). The van der Waals surface area contributed by atoms with Crippen molar-refractivity contribution in [3.05, 3.63) is 65.2 Å². The molecular formula is C16H14BrF3O. The highest BCUT2D eigenvalue weighted by Gasteiger charge is 2.31. The fourth-order valence-corrected chi connectivity index (χ4v) is 2.56. The Balaban J connectivity index is 2.13. The van der Waals surface area contributed by atoms with Crippen molar-refractivity contribution in [3.8, 4) is 5.75 Å². The number of hydrogen-bond donors (Lipinski definition) is 0. The molecular weight excluding hydrogens is 345 g/mol. The maximum atomic E-state index is 12.1. The van der Waals surface area contributed by atoms with Crippen molar-refractivity contribution < 1.29 is 17.9 Å². The molecule has 1 nitrogen and oxygen atoms in total. The van der Waals surface area contributed by atoms with Crippen LogP contribution in [0.5, 0.6) is 5.75 Å². The number of benzene rings is 2. The Morgan fingerprint density at radius 1 is 0.952 bits per heavy atom. The molecule has 2 aromatic carbocycles. The van der Waals surface area contributed by atoms with E-state index in [9.17, 15) is 13.2 Å². The third-order valence-corrected chi connectivity index (χ3v) is 4.14. The predicted molar refractivity (Wildman–Crippen MR) is 79.7 cm³/mol. The molecule has 112 valence electrons. The lowest BCUT2D eigenvalue weighted by Gasteiger charge is -2.13. The van der Waals surface area contributed by atoms with Crippen LogP contribution in [-0.2, 0) is 6.42 Å². The zero-order chi connectivity index (χ0) is 15.5. The average molecular weight is 359 g/mol. The first kappa shape index (κ1) is 15.9. The highest BCUT2D eigenvalue weighted by atomic mass is 79.9.